The minimum Gasteiger partial charge on any atom is -0.348 e. The lowest BCUT2D eigenvalue weighted by Crippen LogP contribution is -2.41. The van der Waals surface area contributed by atoms with Crippen LogP contribution in [0.1, 0.15) is 44.3 Å². The molecular formula is C15H24N4O. The molecule has 2 fully saturated rings. The van der Waals surface area contributed by atoms with E-state index in [0.29, 0.717) is 11.9 Å². The zero-order valence-electron chi connectivity index (χ0n) is 12.1. The molecule has 2 aliphatic rings. The second-order valence-electron chi connectivity index (χ2n) is 5.93. The highest BCUT2D eigenvalue weighted by Crippen LogP contribution is 2.22. The minimum absolute atomic E-state index is 0.346. The Hall–Kier alpha value is -1.36. The number of carbonyl (C=O) groups is 1. The topological polar surface area (TPSA) is 52.2 Å². The Balaban J connectivity index is 1.53. The van der Waals surface area contributed by atoms with E-state index in [1.54, 1.807) is 0 Å². The van der Waals surface area contributed by atoms with E-state index in [-0.39, 0.29) is 0 Å². The van der Waals surface area contributed by atoms with E-state index in [2.05, 4.69) is 14.9 Å². The van der Waals surface area contributed by atoms with Crippen LogP contribution in [0.15, 0.2) is 12.4 Å². The molecule has 1 atom stereocenters. The van der Waals surface area contributed by atoms with Crippen molar-refractivity contribution in [3.05, 3.63) is 18.2 Å². The third-order valence-electron chi connectivity index (χ3n) is 4.56. The van der Waals surface area contributed by atoms with Gasteiger partial charge in [0.25, 0.3) is 0 Å². The monoisotopic (exact) mass is 276 g/mol. The number of aromatic nitrogens is 2. The van der Waals surface area contributed by atoms with Gasteiger partial charge in [-0.25, -0.2) is 4.98 Å². The fourth-order valence-corrected chi connectivity index (χ4v) is 3.42. The molecule has 1 aromatic heterocycles. The van der Waals surface area contributed by atoms with Crippen molar-refractivity contribution in [2.45, 2.75) is 51.1 Å². The van der Waals surface area contributed by atoms with Crippen LogP contribution in [0.5, 0.6) is 0 Å². The van der Waals surface area contributed by atoms with Crippen molar-refractivity contribution in [3.8, 4) is 0 Å². The van der Waals surface area contributed by atoms with Crippen molar-refractivity contribution >= 4 is 5.91 Å². The summed E-state index contributed by atoms with van der Waals surface area (Å²) >= 11 is 0. The molecule has 3 rings (SSSR count). The maximum atomic E-state index is 11.7. The first-order valence-corrected chi connectivity index (χ1v) is 7.83. The standard InChI is InChI=1S/C15H24N4O/c20-15-5-3-10-18(15)11-6-13-4-1-2-9-19(13)12-14-16-7-8-17-14/h7-8,13H,1-6,9-12H2,(H,16,17)/t13-/m0/s1. The van der Waals surface area contributed by atoms with Crippen molar-refractivity contribution in [2.24, 2.45) is 0 Å². The van der Waals surface area contributed by atoms with E-state index in [1.807, 2.05) is 17.3 Å². The van der Waals surface area contributed by atoms with Gasteiger partial charge >= 0.3 is 0 Å². The van der Waals surface area contributed by atoms with Crippen LogP contribution in [-0.4, -0.2) is 51.4 Å². The minimum atomic E-state index is 0.346. The van der Waals surface area contributed by atoms with Gasteiger partial charge < -0.3 is 9.88 Å². The molecule has 0 aromatic carbocycles. The van der Waals surface area contributed by atoms with Gasteiger partial charge in [0.05, 0.1) is 6.54 Å². The molecule has 1 amide bonds. The molecule has 110 valence electrons. The predicted octanol–water partition coefficient (Wildman–Crippen LogP) is 1.78. The number of amides is 1. The van der Waals surface area contributed by atoms with Crippen LogP contribution >= 0.6 is 0 Å². The molecule has 0 spiro atoms. The third-order valence-corrected chi connectivity index (χ3v) is 4.56. The molecule has 0 unspecified atom stereocenters. The maximum Gasteiger partial charge on any atom is 0.222 e. The zero-order chi connectivity index (χ0) is 13.8. The van der Waals surface area contributed by atoms with Crippen LogP contribution in [0.25, 0.3) is 0 Å². The van der Waals surface area contributed by atoms with Crippen LogP contribution in [0.4, 0.5) is 0 Å². The number of piperidine rings is 1. The summed E-state index contributed by atoms with van der Waals surface area (Å²) in [6.45, 7) is 3.95. The number of nitrogens with one attached hydrogen (secondary N) is 1. The quantitative estimate of drug-likeness (QED) is 0.892. The number of imidazole rings is 1. The number of rotatable bonds is 5. The lowest BCUT2D eigenvalue weighted by molar-refractivity contribution is -0.127. The van der Waals surface area contributed by atoms with Crippen molar-refractivity contribution in [3.63, 3.8) is 0 Å². The van der Waals surface area contributed by atoms with Gasteiger partial charge in [-0.3, -0.25) is 9.69 Å². The Morgan fingerprint density at radius 1 is 1.30 bits per heavy atom. The van der Waals surface area contributed by atoms with Crippen LogP contribution in [0, 0.1) is 0 Å². The Labute approximate surface area is 120 Å². The fourth-order valence-electron chi connectivity index (χ4n) is 3.42. The summed E-state index contributed by atoms with van der Waals surface area (Å²) in [5, 5.41) is 0. The summed E-state index contributed by atoms with van der Waals surface area (Å²) in [4.78, 5) is 23.8. The van der Waals surface area contributed by atoms with Gasteiger partial charge in [0.1, 0.15) is 5.82 Å². The highest BCUT2D eigenvalue weighted by Gasteiger charge is 2.26. The van der Waals surface area contributed by atoms with E-state index in [0.717, 1.165) is 51.3 Å². The van der Waals surface area contributed by atoms with E-state index in [9.17, 15) is 4.79 Å². The molecule has 1 N–H and O–H groups in total. The second-order valence-corrected chi connectivity index (χ2v) is 5.93. The zero-order valence-corrected chi connectivity index (χ0v) is 12.1. The Morgan fingerprint density at radius 3 is 3.00 bits per heavy atom. The summed E-state index contributed by atoms with van der Waals surface area (Å²) < 4.78 is 0. The van der Waals surface area contributed by atoms with Gasteiger partial charge in [0.2, 0.25) is 5.91 Å². The van der Waals surface area contributed by atoms with Crippen molar-refractivity contribution in [2.75, 3.05) is 19.6 Å². The average Bonchev–Trinajstić information content (AvgIpc) is 3.10. The molecule has 3 heterocycles. The van der Waals surface area contributed by atoms with Gasteiger partial charge in [-0.2, -0.15) is 0 Å². The van der Waals surface area contributed by atoms with E-state index in [1.165, 1.54) is 19.3 Å². The molecule has 5 heteroatoms. The molecule has 0 bridgehead atoms. The Morgan fingerprint density at radius 2 is 2.25 bits per heavy atom. The van der Waals surface area contributed by atoms with Gasteiger partial charge in [0.15, 0.2) is 0 Å². The lowest BCUT2D eigenvalue weighted by Gasteiger charge is -2.36. The molecule has 0 radical (unpaired) electrons. The molecule has 1 aromatic rings. The third kappa shape index (κ3) is 3.20. The first-order valence-electron chi connectivity index (χ1n) is 7.83. The number of likely N-dealkylation sites (tertiary alicyclic amines) is 2. The van der Waals surface area contributed by atoms with Gasteiger partial charge in [-0.1, -0.05) is 6.42 Å². The van der Waals surface area contributed by atoms with Gasteiger partial charge in [-0.05, 0) is 32.2 Å². The SMILES string of the molecule is O=C1CCCN1CC[C@@H]1CCCCN1Cc1ncc[nH]1. The van der Waals surface area contributed by atoms with E-state index >= 15 is 0 Å². The van der Waals surface area contributed by atoms with Crippen LogP contribution < -0.4 is 0 Å². The average molecular weight is 276 g/mol. The van der Waals surface area contributed by atoms with Crippen molar-refractivity contribution < 1.29 is 4.79 Å². The molecule has 0 aliphatic carbocycles. The molecular weight excluding hydrogens is 252 g/mol. The molecule has 20 heavy (non-hydrogen) atoms. The van der Waals surface area contributed by atoms with E-state index in [4.69, 9.17) is 0 Å². The molecule has 2 saturated heterocycles. The normalized spacial score (nSPS) is 24.5. The first kappa shape index (κ1) is 13.6. The highest BCUT2D eigenvalue weighted by molar-refractivity contribution is 5.77. The Kier molecular flexibility index (Phi) is 4.35. The maximum absolute atomic E-state index is 11.7. The molecule has 2 aliphatic heterocycles. The number of carbonyl (C=O) groups excluding carboxylic acids is 1. The highest BCUT2D eigenvalue weighted by atomic mass is 16.2. The van der Waals surface area contributed by atoms with Gasteiger partial charge in [-0.15, -0.1) is 0 Å². The largest absolute Gasteiger partial charge is 0.348 e. The summed E-state index contributed by atoms with van der Waals surface area (Å²) in [5.74, 6) is 1.40. The lowest BCUT2D eigenvalue weighted by atomic mass is 9.99. The summed E-state index contributed by atoms with van der Waals surface area (Å²) in [5.41, 5.74) is 0. The number of aromatic amines is 1. The first-order chi connectivity index (χ1) is 9.83. The van der Waals surface area contributed by atoms with Crippen LogP contribution in [-0.2, 0) is 11.3 Å². The summed E-state index contributed by atoms with van der Waals surface area (Å²) in [6.07, 6.45) is 10.4. The molecule has 0 saturated carbocycles. The van der Waals surface area contributed by atoms with Crippen LogP contribution in [0.3, 0.4) is 0 Å². The van der Waals surface area contributed by atoms with E-state index < -0.39 is 0 Å². The number of H-pyrrole nitrogens is 1. The molecule has 5 nitrogen and oxygen atoms in total. The Bertz CT molecular complexity index is 431. The summed E-state index contributed by atoms with van der Waals surface area (Å²) in [7, 11) is 0. The van der Waals surface area contributed by atoms with Gasteiger partial charge in [0, 0.05) is 37.9 Å². The predicted molar refractivity (Wildman–Crippen MR) is 77.1 cm³/mol. The summed E-state index contributed by atoms with van der Waals surface area (Å²) in [6, 6.07) is 0.599. The number of nitrogens with zero attached hydrogens (tertiary/aromatic N) is 3. The second kappa shape index (κ2) is 6.39. The number of hydrogen-bond donors (Lipinski definition) is 1. The van der Waals surface area contributed by atoms with Crippen molar-refractivity contribution in [1.82, 2.24) is 19.8 Å². The van der Waals surface area contributed by atoms with Crippen molar-refractivity contribution in [1.29, 1.82) is 0 Å². The number of hydrogen-bond acceptors (Lipinski definition) is 3. The fraction of sp³-hybridized carbons (Fsp3) is 0.733. The smallest absolute Gasteiger partial charge is 0.222 e. The van der Waals surface area contributed by atoms with Crippen LogP contribution in [0.2, 0.25) is 0 Å².